The Kier molecular flexibility index (Phi) is 6.11. The van der Waals surface area contributed by atoms with E-state index in [1.54, 1.807) is 37.4 Å². The number of amides is 2. The highest BCUT2D eigenvalue weighted by Gasteiger charge is 2.13. The topological polar surface area (TPSA) is 67.4 Å². The van der Waals surface area contributed by atoms with Crippen LogP contribution in [0, 0.1) is 0 Å². The lowest BCUT2D eigenvalue weighted by atomic mass is 10.1. The van der Waals surface area contributed by atoms with Crippen LogP contribution in [0.5, 0.6) is 5.75 Å². The van der Waals surface area contributed by atoms with Crippen LogP contribution in [0.1, 0.15) is 25.6 Å². The predicted octanol–water partition coefficient (Wildman–Crippen LogP) is 4.59. The third-order valence-electron chi connectivity index (χ3n) is 3.81. The fourth-order valence-electron chi connectivity index (χ4n) is 2.42. The maximum atomic E-state index is 12.5. The molecule has 0 unspecified atom stereocenters. The average molecular weight is 401 g/mol. The van der Waals surface area contributed by atoms with Crippen LogP contribution in [-0.2, 0) is 6.54 Å². The van der Waals surface area contributed by atoms with Gasteiger partial charge in [-0.2, -0.15) is 0 Å². The van der Waals surface area contributed by atoms with E-state index in [1.807, 2.05) is 29.6 Å². The zero-order chi connectivity index (χ0) is 19.2. The molecule has 0 aliphatic rings. The van der Waals surface area contributed by atoms with Gasteiger partial charge in [0, 0.05) is 12.1 Å². The summed E-state index contributed by atoms with van der Waals surface area (Å²) >= 11 is 7.49. The Morgan fingerprint density at radius 3 is 2.67 bits per heavy atom. The number of benzene rings is 2. The molecule has 138 valence electrons. The zero-order valence-electron chi connectivity index (χ0n) is 14.5. The fraction of sp³-hybridized carbons (Fsp3) is 0.100. The van der Waals surface area contributed by atoms with Crippen LogP contribution in [0.15, 0.2) is 60.0 Å². The molecule has 0 atom stereocenters. The summed E-state index contributed by atoms with van der Waals surface area (Å²) < 4.78 is 5.18. The molecule has 0 bridgehead atoms. The maximum Gasteiger partial charge on any atom is 0.265 e. The summed E-state index contributed by atoms with van der Waals surface area (Å²) in [5.74, 6) is 0.203. The first-order chi connectivity index (χ1) is 13.1. The number of halogens is 1. The number of hydrogen-bond donors (Lipinski definition) is 2. The zero-order valence-corrected chi connectivity index (χ0v) is 16.1. The van der Waals surface area contributed by atoms with Crippen molar-refractivity contribution in [2.24, 2.45) is 0 Å². The number of ether oxygens (including phenoxy) is 1. The first kappa shape index (κ1) is 18.9. The largest absolute Gasteiger partial charge is 0.497 e. The second-order valence-corrected chi connectivity index (χ2v) is 7.02. The van der Waals surface area contributed by atoms with Gasteiger partial charge in [-0.25, -0.2) is 0 Å². The lowest BCUT2D eigenvalue weighted by Gasteiger charge is -2.10. The first-order valence-electron chi connectivity index (χ1n) is 8.12. The van der Waals surface area contributed by atoms with E-state index in [0.29, 0.717) is 27.7 Å². The number of hydrogen-bond acceptors (Lipinski definition) is 4. The number of anilines is 1. The van der Waals surface area contributed by atoms with Gasteiger partial charge in [-0.15, -0.1) is 11.3 Å². The molecule has 27 heavy (non-hydrogen) atoms. The van der Waals surface area contributed by atoms with Gasteiger partial charge in [0.05, 0.1) is 22.7 Å². The molecular weight excluding hydrogens is 384 g/mol. The van der Waals surface area contributed by atoms with E-state index >= 15 is 0 Å². The van der Waals surface area contributed by atoms with Gasteiger partial charge >= 0.3 is 0 Å². The van der Waals surface area contributed by atoms with Gasteiger partial charge in [-0.1, -0.05) is 29.8 Å². The lowest BCUT2D eigenvalue weighted by molar-refractivity contribution is 0.0949. The van der Waals surface area contributed by atoms with Crippen LogP contribution in [-0.4, -0.2) is 18.9 Å². The minimum atomic E-state index is -0.263. The smallest absolute Gasteiger partial charge is 0.265 e. The van der Waals surface area contributed by atoms with Crippen molar-refractivity contribution in [3.05, 3.63) is 81.0 Å². The molecule has 7 heteroatoms. The minimum absolute atomic E-state index is 0.263. The minimum Gasteiger partial charge on any atom is -0.497 e. The third kappa shape index (κ3) is 4.87. The van der Waals surface area contributed by atoms with Gasteiger partial charge < -0.3 is 15.4 Å². The van der Waals surface area contributed by atoms with Crippen LogP contribution in [0.3, 0.4) is 0 Å². The van der Waals surface area contributed by atoms with E-state index in [-0.39, 0.29) is 11.8 Å². The van der Waals surface area contributed by atoms with Crippen molar-refractivity contribution in [3.63, 3.8) is 0 Å². The summed E-state index contributed by atoms with van der Waals surface area (Å²) in [7, 11) is 1.59. The molecule has 5 nitrogen and oxygen atoms in total. The van der Waals surface area contributed by atoms with Crippen molar-refractivity contribution in [2.45, 2.75) is 6.54 Å². The van der Waals surface area contributed by atoms with Crippen LogP contribution in [0.4, 0.5) is 5.69 Å². The van der Waals surface area contributed by atoms with Crippen molar-refractivity contribution < 1.29 is 14.3 Å². The summed E-state index contributed by atoms with van der Waals surface area (Å²) in [5.41, 5.74) is 1.72. The second kappa shape index (κ2) is 8.70. The highest BCUT2D eigenvalue weighted by Crippen LogP contribution is 2.24. The molecule has 0 radical (unpaired) electrons. The number of rotatable bonds is 6. The molecular formula is C20H17ClN2O3S. The lowest BCUT2D eigenvalue weighted by Crippen LogP contribution is -2.23. The molecule has 0 saturated carbocycles. The summed E-state index contributed by atoms with van der Waals surface area (Å²) in [4.78, 5) is 25.2. The van der Waals surface area contributed by atoms with Crippen LogP contribution >= 0.6 is 22.9 Å². The Morgan fingerprint density at radius 1 is 1.07 bits per heavy atom. The van der Waals surface area contributed by atoms with Crippen molar-refractivity contribution in [1.82, 2.24) is 5.32 Å². The van der Waals surface area contributed by atoms with Crippen molar-refractivity contribution >= 4 is 40.4 Å². The summed E-state index contributed by atoms with van der Waals surface area (Å²) in [6.07, 6.45) is 0. The quantitative estimate of drug-likeness (QED) is 0.635. The van der Waals surface area contributed by atoms with Gasteiger partial charge in [0.15, 0.2) is 0 Å². The van der Waals surface area contributed by atoms with E-state index in [4.69, 9.17) is 16.3 Å². The first-order valence-corrected chi connectivity index (χ1v) is 9.38. The Labute approximate surface area is 165 Å². The molecule has 1 heterocycles. The SMILES string of the molecule is COc1cccc(CNC(=O)c2ccc(Cl)c(NC(=O)c3cccs3)c2)c1. The van der Waals surface area contributed by atoms with Gasteiger partial charge in [0.2, 0.25) is 0 Å². The molecule has 3 rings (SSSR count). The van der Waals surface area contributed by atoms with Crippen molar-refractivity contribution in [3.8, 4) is 5.75 Å². The maximum absolute atomic E-state index is 12.5. The molecule has 2 N–H and O–H groups in total. The third-order valence-corrected chi connectivity index (χ3v) is 5.01. The summed E-state index contributed by atoms with van der Waals surface area (Å²) in [6.45, 7) is 0.357. The molecule has 0 aliphatic carbocycles. The molecule has 0 fully saturated rings. The van der Waals surface area contributed by atoms with Crippen LogP contribution in [0.25, 0.3) is 0 Å². The van der Waals surface area contributed by atoms with E-state index in [2.05, 4.69) is 10.6 Å². The highest BCUT2D eigenvalue weighted by molar-refractivity contribution is 7.12. The molecule has 2 amide bonds. The Balaban J connectivity index is 1.68. The Bertz CT molecular complexity index is 958. The Hall–Kier alpha value is -2.83. The van der Waals surface area contributed by atoms with Gasteiger partial charge in [-0.05, 0) is 47.3 Å². The standard InChI is InChI=1S/C20H17ClN2O3S/c1-26-15-5-2-4-13(10-15)12-22-19(24)14-7-8-16(21)17(11-14)23-20(25)18-6-3-9-27-18/h2-11H,12H2,1H3,(H,22,24)(H,23,25). The molecule has 0 saturated heterocycles. The average Bonchev–Trinajstić information content (AvgIpc) is 3.23. The second-order valence-electron chi connectivity index (χ2n) is 5.66. The van der Waals surface area contributed by atoms with Gasteiger partial charge in [0.25, 0.3) is 11.8 Å². The number of thiophene rings is 1. The monoisotopic (exact) mass is 400 g/mol. The van der Waals surface area contributed by atoms with Gasteiger partial charge in [0.1, 0.15) is 5.75 Å². The Morgan fingerprint density at radius 2 is 1.93 bits per heavy atom. The van der Waals surface area contributed by atoms with E-state index < -0.39 is 0 Å². The fourth-order valence-corrected chi connectivity index (χ4v) is 3.20. The van der Waals surface area contributed by atoms with E-state index in [1.165, 1.54) is 11.3 Å². The normalized spacial score (nSPS) is 10.3. The van der Waals surface area contributed by atoms with Crippen LogP contribution < -0.4 is 15.4 Å². The van der Waals surface area contributed by atoms with Gasteiger partial charge in [-0.3, -0.25) is 9.59 Å². The molecule has 0 spiro atoms. The molecule has 3 aromatic rings. The highest BCUT2D eigenvalue weighted by atomic mass is 35.5. The van der Waals surface area contributed by atoms with Crippen molar-refractivity contribution in [2.75, 3.05) is 12.4 Å². The predicted molar refractivity (Wildman–Crippen MR) is 108 cm³/mol. The molecule has 1 aromatic heterocycles. The van der Waals surface area contributed by atoms with Crippen molar-refractivity contribution in [1.29, 1.82) is 0 Å². The van der Waals surface area contributed by atoms with E-state index in [0.717, 1.165) is 11.3 Å². The number of methoxy groups -OCH3 is 1. The molecule has 2 aromatic carbocycles. The summed E-state index contributed by atoms with van der Waals surface area (Å²) in [6, 6.07) is 15.7. The number of nitrogens with one attached hydrogen (secondary N) is 2. The molecule has 0 aliphatic heterocycles. The number of carbonyl (C=O) groups excluding carboxylic acids is 2. The van der Waals surface area contributed by atoms with E-state index in [9.17, 15) is 9.59 Å². The van der Waals surface area contributed by atoms with Crippen LogP contribution in [0.2, 0.25) is 5.02 Å². The summed E-state index contributed by atoms with van der Waals surface area (Å²) in [5, 5.41) is 7.77. The number of carbonyl (C=O) groups is 2.